The Balaban J connectivity index is 1.87. The molecule has 10 heteroatoms. The maximum Gasteiger partial charge on any atom is 0.410 e. The summed E-state index contributed by atoms with van der Waals surface area (Å²) in [5.41, 5.74) is 0.244. The lowest BCUT2D eigenvalue weighted by molar-refractivity contribution is -0.384. The summed E-state index contributed by atoms with van der Waals surface area (Å²) in [4.78, 5) is 34.9. The summed E-state index contributed by atoms with van der Waals surface area (Å²) in [6, 6.07) is 5.51. The number of benzene rings is 1. The van der Waals surface area contributed by atoms with Gasteiger partial charge in [0.1, 0.15) is 12.0 Å². The number of nitro groups is 1. The van der Waals surface area contributed by atoms with Gasteiger partial charge in [0.25, 0.3) is 5.69 Å². The van der Waals surface area contributed by atoms with Gasteiger partial charge in [0.2, 0.25) is 0 Å². The summed E-state index contributed by atoms with van der Waals surface area (Å²) in [7, 11) is 0. The van der Waals surface area contributed by atoms with Crippen molar-refractivity contribution in [2.45, 2.75) is 44.5 Å². The number of aliphatic hydroxyl groups excluding tert-OH is 1. The molecule has 148 valence electrons. The van der Waals surface area contributed by atoms with Crippen LogP contribution < -0.4 is 0 Å². The molecule has 3 atom stereocenters. The first-order valence-electron chi connectivity index (χ1n) is 8.40. The minimum atomic E-state index is -0.633. The normalized spacial score (nSPS) is 20.2. The highest BCUT2D eigenvalue weighted by Gasteiger charge is 2.35. The molecular formula is C17H22N2O7S. The fraction of sp³-hybridized carbons (Fsp3) is 0.529. The largest absolute Gasteiger partial charge is 0.452 e. The van der Waals surface area contributed by atoms with Gasteiger partial charge in [-0.3, -0.25) is 14.9 Å². The number of non-ortho nitro benzene ring substituents is 1. The van der Waals surface area contributed by atoms with E-state index in [2.05, 4.69) is 0 Å². The van der Waals surface area contributed by atoms with Gasteiger partial charge in [0.15, 0.2) is 0 Å². The molecule has 1 aliphatic rings. The Bertz CT molecular complexity index is 682. The van der Waals surface area contributed by atoms with Crippen LogP contribution >= 0.6 is 11.8 Å². The van der Waals surface area contributed by atoms with E-state index in [4.69, 9.17) is 9.47 Å². The van der Waals surface area contributed by atoms with Crippen molar-refractivity contribution in [3.05, 3.63) is 39.9 Å². The van der Waals surface area contributed by atoms with Crippen LogP contribution in [0.1, 0.15) is 25.8 Å². The molecule has 9 nitrogen and oxygen atoms in total. The summed E-state index contributed by atoms with van der Waals surface area (Å²) in [6.45, 7) is 3.23. The zero-order chi connectivity index (χ0) is 20.0. The van der Waals surface area contributed by atoms with Gasteiger partial charge in [-0.25, -0.2) is 4.79 Å². The zero-order valence-corrected chi connectivity index (χ0v) is 15.9. The molecule has 0 aromatic heterocycles. The van der Waals surface area contributed by atoms with Crippen molar-refractivity contribution in [3.8, 4) is 0 Å². The molecule has 27 heavy (non-hydrogen) atoms. The molecule has 1 aromatic rings. The van der Waals surface area contributed by atoms with E-state index >= 15 is 0 Å². The summed E-state index contributed by atoms with van der Waals surface area (Å²) in [5, 5.41) is 20.5. The summed E-state index contributed by atoms with van der Waals surface area (Å²) in [5.74, 6) is 0.124. The molecule has 3 unspecified atom stereocenters. The topological polar surface area (TPSA) is 119 Å². The monoisotopic (exact) mass is 398 g/mol. The molecule has 1 aliphatic heterocycles. The number of β-amino-alcohol motifs (C(OH)–C–C–N with tert-alkyl or cyclic N) is 1. The van der Waals surface area contributed by atoms with E-state index in [-0.39, 0.29) is 36.3 Å². The third-order valence-corrected chi connectivity index (χ3v) is 5.13. The van der Waals surface area contributed by atoms with Crippen LogP contribution in [0.4, 0.5) is 10.5 Å². The second kappa shape index (κ2) is 9.56. The molecule has 1 saturated heterocycles. The number of hydrogen-bond donors (Lipinski definition) is 1. The predicted octanol–water partition coefficient (Wildman–Crippen LogP) is 2.31. The molecule has 2 rings (SSSR count). The molecule has 0 bridgehead atoms. The first-order chi connectivity index (χ1) is 12.8. The standard InChI is InChI=1S/C17H22N2O7S/c1-11(20)26-12(2)27-10-15-7-16(21)8-18(15)17(22)25-9-13-3-5-14(6-4-13)19(23)24/h3-6,12,15-16,21H,7-10H2,1-2H3. The molecule has 0 saturated carbocycles. The van der Waals surface area contributed by atoms with E-state index in [1.807, 2.05) is 0 Å². The van der Waals surface area contributed by atoms with Crippen LogP contribution in [0.15, 0.2) is 24.3 Å². The van der Waals surface area contributed by atoms with Gasteiger partial charge in [0, 0.05) is 30.9 Å². The van der Waals surface area contributed by atoms with E-state index < -0.39 is 17.1 Å². The summed E-state index contributed by atoms with van der Waals surface area (Å²) >= 11 is 1.38. The molecule has 0 spiro atoms. The van der Waals surface area contributed by atoms with E-state index in [9.17, 15) is 24.8 Å². The van der Waals surface area contributed by atoms with Crippen LogP contribution in [0.3, 0.4) is 0 Å². The number of nitrogens with zero attached hydrogens (tertiary/aromatic N) is 2. The Labute approximate surface area is 160 Å². The number of ether oxygens (including phenoxy) is 2. The Morgan fingerprint density at radius 2 is 2.07 bits per heavy atom. The predicted molar refractivity (Wildman–Crippen MR) is 98.1 cm³/mol. The van der Waals surface area contributed by atoms with Gasteiger partial charge in [0.05, 0.1) is 17.6 Å². The molecule has 1 fully saturated rings. The first-order valence-corrected chi connectivity index (χ1v) is 9.44. The lowest BCUT2D eigenvalue weighted by Gasteiger charge is -2.24. The smallest absolute Gasteiger partial charge is 0.410 e. The maximum atomic E-state index is 12.4. The second-order valence-electron chi connectivity index (χ2n) is 6.18. The zero-order valence-electron chi connectivity index (χ0n) is 15.1. The van der Waals surface area contributed by atoms with Crippen molar-refractivity contribution >= 4 is 29.5 Å². The molecule has 1 amide bonds. The highest BCUT2D eigenvalue weighted by molar-refractivity contribution is 7.99. The van der Waals surface area contributed by atoms with Crippen LogP contribution in [0, 0.1) is 10.1 Å². The molecule has 0 aliphatic carbocycles. The van der Waals surface area contributed by atoms with Crippen molar-refractivity contribution in [2.24, 2.45) is 0 Å². The number of nitro benzene ring substituents is 1. The van der Waals surface area contributed by atoms with Gasteiger partial charge in [-0.05, 0) is 31.0 Å². The van der Waals surface area contributed by atoms with E-state index in [0.717, 1.165) is 0 Å². The third-order valence-electron chi connectivity index (χ3n) is 3.99. The maximum absolute atomic E-state index is 12.4. The SMILES string of the molecule is CC(=O)OC(C)SCC1CC(O)CN1C(=O)OCc1ccc([N+](=O)[O-])cc1. The van der Waals surface area contributed by atoms with Crippen molar-refractivity contribution in [2.75, 3.05) is 12.3 Å². The fourth-order valence-electron chi connectivity index (χ4n) is 2.73. The Kier molecular flexibility index (Phi) is 7.43. The van der Waals surface area contributed by atoms with Crippen LogP contribution in [0.25, 0.3) is 0 Å². The average molecular weight is 398 g/mol. The average Bonchev–Trinajstić information content (AvgIpc) is 2.98. The Hall–Kier alpha value is -2.33. The minimum absolute atomic E-state index is 0.0207. The quantitative estimate of drug-likeness (QED) is 0.322. The fourth-order valence-corrected chi connectivity index (χ4v) is 3.74. The van der Waals surface area contributed by atoms with Gasteiger partial charge < -0.3 is 19.5 Å². The van der Waals surface area contributed by atoms with Gasteiger partial charge >= 0.3 is 12.1 Å². The molecule has 0 radical (unpaired) electrons. The lowest BCUT2D eigenvalue weighted by Crippen LogP contribution is -2.38. The number of amides is 1. The van der Waals surface area contributed by atoms with Crippen LogP contribution in [-0.4, -0.2) is 56.9 Å². The van der Waals surface area contributed by atoms with E-state index in [0.29, 0.717) is 17.7 Å². The number of carbonyl (C=O) groups is 2. The number of carbonyl (C=O) groups excluding carboxylic acids is 2. The van der Waals surface area contributed by atoms with E-state index in [1.54, 1.807) is 6.92 Å². The van der Waals surface area contributed by atoms with Crippen molar-refractivity contribution < 1.29 is 29.1 Å². The van der Waals surface area contributed by atoms with Crippen LogP contribution in [0.5, 0.6) is 0 Å². The second-order valence-corrected chi connectivity index (χ2v) is 7.51. The summed E-state index contributed by atoms with van der Waals surface area (Å²) < 4.78 is 10.3. The number of likely N-dealkylation sites (tertiary alicyclic amines) is 1. The van der Waals surface area contributed by atoms with Crippen LogP contribution in [-0.2, 0) is 20.9 Å². The summed E-state index contributed by atoms with van der Waals surface area (Å²) in [6.07, 6.45) is -0.769. The minimum Gasteiger partial charge on any atom is -0.452 e. The number of thioether (sulfide) groups is 1. The lowest BCUT2D eigenvalue weighted by atomic mass is 10.2. The van der Waals surface area contributed by atoms with Crippen LogP contribution in [0.2, 0.25) is 0 Å². The third kappa shape index (κ3) is 6.40. The first kappa shape index (κ1) is 21.0. The van der Waals surface area contributed by atoms with Crippen molar-refractivity contribution in [3.63, 3.8) is 0 Å². The highest BCUT2D eigenvalue weighted by atomic mass is 32.2. The number of esters is 1. The van der Waals surface area contributed by atoms with E-state index in [1.165, 1.54) is 47.9 Å². The van der Waals surface area contributed by atoms with Gasteiger partial charge in [-0.2, -0.15) is 0 Å². The number of hydrogen-bond acceptors (Lipinski definition) is 8. The molecule has 1 N–H and O–H groups in total. The van der Waals surface area contributed by atoms with Gasteiger partial charge in [-0.15, -0.1) is 11.8 Å². The van der Waals surface area contributed by atoms with Crippen molar-refractivity contribution in [1.82, 2.24) is 4.90 Å². The van der Waals surface area contributed by atoms with Gasteiger partial charge in [-0.1, -0.05) is 0 Å². The number of aliphatic hydroxyl groups is 1. The number of rotatable bonds is 7. The Morgan fingerprint density at radius 3 is 2.67 bits per heavy atom. The molecule has 1 aromatic carbocycles. The highest BCUT2D eigenvalue weighted by Crippen LogP contribution is 2.25. The van der Waals surface area contributed by atoms with Crippen molar-refractivity contribution in [1.29, 1.82) is 0 Å². The molecular weight excluding hydrogens is 376 g/mol. The Morgan fingerprint density at radius 1 is 1.41 bits per heavy atom. The molecule has 1 heterocycles.